The SMILES string of the molecule is CCc1ccc(NC(=O)C[NH+](Cc2ccccc2F)C2CC2)cc1. The lowest BCUT2D eigenvalue weighted by Gasteiger charge is -2.19. The number of anilines is 1. The standard InChI is InChI=1S/C20H23FN2O/c1-2-15-7-9-17(10-8-15)22-20(24)14-23(18-11-12-18)13-16-5-3-4-6-19(16)21/h3-10,18H,2,11-14H2,1H3,(H,22,24)/p+1. The van der Waals surface area contributed by atoms with Gasteiger partial charge in [-0.25, -0.2) is 4.39 Å². The Hall–Kier alpha value is -2.20. The van der Waals surface area contributed by atoms with E-state index in [-0.39, 0.29) is 11.7 Å². The number of benzene rings is 2. The van der Waals surface area contributed by atoms with Crippen molar-refractivity contribution in [2.24, 2.45) is 0 Å². The number of aryl methyl sites for hydroxylation is 1. The molecule has 0 radical (unpaired) electrons. The monoisotopic (exact) mass is 327 g/mol. The number of nitrogens with one attached hydrogen (secondary N) is 2. The summed E-state index contributed by atoms with van der Waals surface area (Å²) in [5.74, 6) is -0.205. The summed E-state index contributed by atoms with van der Waals surface area (Å²) in [5.41, 5.74) is 2.75. The molecule has 1 aliphatic rings. The summed E-state index contributed by atoms with van der Waals surface area (Å²) in [5, 5.41) is 2.95. The van der Waals surface area contributed by atoms with Crippen LogP contribution in [0.5, 0.6) is 0 Å². The number of carbonyl (C=O) groups is 1. The number of quaternary nitrogens is 1. The van der Waals surface area contributed by atoms with E-state index in [9.17, 15) is 9.18 Å². The van der Waals surface area contributed by atoms with E-state index in [0.29, 0.717) is 24.7 Å². The Balaban J connectivity index is 1.60. The third-order valence-corrected chi connectivity index (χ3v) is 4.56. The maximum Gasteiger partial charge on any atom is 0.279 e. The highest BCUT2D eigenvalue weighted by molar-refractivity contribution is 5.91. The van der Waals surface area contributed by atoms with E-state index in [1.165, 1.54) is 11.6 Å². The number of hydrogen-bond acceptors (Lipinski definition) is 1. The second kappa shape index (κ2) is 7.58. The summed E-state index contributed by atoms with van der Waals surface area (Å²) in [6.45, 7) is 3.03. The van der Waals surface area contributed by atoms with Crippen LogP contribution in [0.2, 0.25) is 0 Å². The fourth-order valence-corrected chi connectivity index (χ4v) is 2.96. The number of amides is 1. The van der Waals surface area contributed by atoms with Crippen molar-refractivity contribution in [2.45, 2.75) is 38.8 Å². The van der Waals surface area contributed by atoms with Crippen LogP contribution in [0.15, 0.2) is 48.5 Å². The van der Waals surface area contributed by atoms with Gasteiger partial charge in [-0.15, -0.1) is 0 Å². The molecule has 4 heteroatoms. The van der Waals surface area contributed by atoms with E-state index in [0.717, 1.165) is 29.8 Å². The van der Waals surface area contributed by atoms with Crippen molar-refractivity contribution in [3.8, 4) is 0 Å². The van der Waals surface area contributed by atoms with Gasteiger partial charge in [-0.2, -0.15) is 0 Å². The number of hydrogen-bond donors (Lipinski definition) is 2. The Morgan fingerprint density at radius 3 is 2.50 bits per heavy atom. The first-order valence-corrected chi connectivity index (χ1v) is 8.62. The van der Waals surface area contributed by atoms with Crippen LogP contribution in [0, 0.1) is 5.82 Å². The van der Waals surface area contributed by atoms with Gasteiger partial charge in [0.2, 0.25) is 0 Å². The van der Waals surface area contributed by atoms with Crippen LogP contribution >= 0.6 is 0 Å². The predicted molar refractivity (Wildman–Crippen MR) is 93.4 cm³/mol. The number of carbonyl (C=O) groups excluding carboxylic acids is 1. The van der Waals surface area contributed by atoms with Crippen molar-refractivity contribution in [2.75, 3.05) is 11.9 Å². The number of halogens is 1. The normalized spacial score (nSPS) is 15.1. The molecule has 1 unspecified atom stereocenters. The van der Waals surface area contributed by atoms with Gasteiger partial charge in [-0.3, -0.25) is 4.79 Å². The fraction of sp³-hybridized carbons (Fsp3) is 0.350. The van der Waals surface area contributed by atoms with Gasteiger partial charge in [0.25, 0.3) is 5.91 Å². The highest BCUT2D eigenvalue weighted by Gasteiger charge is 2.35. The van der Waals surface area contributed by atoms with E-state index < -0.39 is 0 Å². The van der Waals surface area contributed by atoms with Gasteiger partial charge in [0.15, 0.2) is 6.54 Å². The molecule has 3 rings (SSSR count). The second-order valence-corrected chi connectivity index (χ2v) is 6.48. The maximum atomic E-state index is 13.9. The summed E-state index contributed by atoms with van der Waals surface area (Å²) < 4.78 is 13.9. The Bertz CT molecular complexity index is 695. The molecule has 2 aromatic rings. The lowest BCUT2D eigenvalue weighted by molar-refractivity contribution is -0.917. The molecule has 2 N–H and O–H groups in total. The van der Waals surface area contributed by atoms with E-state index in [1.54, 1.807) is 12.1 Å². The molecule has 126 valence electrons. The van der Waals surface area contributed by atoms with Crippen LogP contribution in [0.1, 0.15) is 30.9 Å². The Kier molecular flexibility index (Phi) is 5.26. The average molecular weight is 327 g/mol. The van der Waals surface area contributed by atoms with Gasteiger partial charge in [0.1, 0.15) is 12.4 Å². The van der Waals surface area contributed by atoms with E-state index >= 15 is 0 Å². The molecule has 1 saturated carbocycles. The van der Waals surface area contributed by atoms with Crippen molar-refractivity contribution in [1.82, 2.24) is 0 Å². The lowest BCUT2D eigenvalue weighted by atomic mass is 10.1. The van der Waals surface area contributed by atoms with Crippen molar-refractivity contribution >= 4 is 11.6 Å². The summed E-state index contributed by atoms with van der Waals surface area (Å²) in [6, 6.07) is 15.2. The van der Waals surface area contributed by atoms with Gasteiger partial charge in [-0.05, 0) is 30.2 Å². The van der Waals surface area contributed by atoms with Gasteiger partial charge in [-0.1, -0.05) is 37.3 Å². The third-order valence-electron chi connectivity index (χ3n) is 4.56. The van der Waals surface area contributed by atoms with Gasteiger partial charge in [0.05, 0.1) is 6.04 Å². The molecule has 3 nitrogen and oxygen atoms in total. The Morgan fingerprint density at radius 2 is 1.88 bits per heavy atom. The summed E-state index contributed by atoms with van der Waals surface area (Å²) in [4.78, 5) is 13.5. The van der Waals surface area contributed by atoms with Crippen LogP contribution < -0.4 is 10.2 Å². The molecule has 2 aromatic carbocycles. The van der Waals surface area contributed by atoms with E-state index in [4.69, 9.17) is 0 Å². The smallest absolute Gasteiger partial charge is 0.279 e. The number of rotatable bonds is 7. The zero-order valence-corrected chi connectivity index (χ0v) is 14.0. The van der Waals surface area contributed by atoms with E-state index in [2.05, 4.69) is 12.2 Å². The van der Waals surface area contributed by atoms with Crippen LogP contribution in [0.4, 0.5) is 10.1 Å². The summed E-state index contributed by atoms with van der Waals surface area (Å²) in [6.07, 6.45) is 3.21. The molecule has 1 atom stereocenters. The van der Waals surface area contributed by atoms with Crippen molar-refractivity contribution in [1.29, 1.82) is 0 Å². The quantitative estimate of drug-likeness (QED) is 0.805. The predicted octanol–water partition coefficient (Wildman–Crippen LogP) is 2.57. The fourth-order valence-electron chi connectivity index (χ4n) is 2.96. The molecule has 1 aliphatic carbocycles. The first-order chi connectivity index (χ1) is 11.7. The topological polar surface area (TPSA) is 33.5 Å². The van der Waals surface area contributed by atoms with Crippen molar-refractivity contribution in [3.05, 3.63) is 65.5 Å². The minimum Gasteiger partial charge on any atom is -0.321 e. The van der Waals surface area contributed by atoms with E-state index in [1.807, 2.05) is 30.3 Å². The molecule has 1 fully saturated rings. The largest absolute Gasteiger partial charge is 0.321 e. The van der Waals surface area contributed by atoms with Crippen LogP contribution in [0.3, 0.4) is 0 Å². The highest BCUT2D eigenvalue weighted by Crippen LogP contribution is 2.16. The minimum atomic E-state index is -0.189. The first-order valence-electron chi connectivity index (χ1n) is 8.62. The van der Waals surface area contributed by atoms with Crippen molar-refractivity contribution < 1.29 is 14.1 Å². The molecular formula is C20H24FN2O+. The highest BCUT2D eigenvalue weighted by atomic mass is 19.1. The lowest BCUT2D eigenvalue weighted by Crippen LogP contribution is -3.13. The molecule has 0 spiro atoms. The zero-order chi connectivity index (χ0) is 16.9. The van der Waals surface area contributed by atoms with Gasteiger partial charge < -0.3 is 10.2 Å². The average Bonchev–Trinajstić information content (AvgIpc) is 3.42. The molecule has 0 aromatic heterocycles. The Morgan fingerprint density at radius 1 is 1.17 bits per heavy atom. The molecule has 24 heavy (non-hydrogen) atoms. The van der Waals surface area contributed by atoms with Crippen LogP contribution in [0.25, 0.3) is 0 Å². The molecule has 1 amide bonds. The van der Waals surface area contributed by atoms with Crippen LogP contribution in [-0.2, 0) is 17.8 Å². The second-order valence-electron chi connectivity index (χ2n) is 6.48. The summed E-state index contributed by atoms with van der Waals surface area (Å²) in [7, 11) is 0. The first kappa shape index (κ1) is 16.7. The third kappa shape index (κ3) is 4.42. The van der Waals surface area contributed by atoms with Gasteiger partial charge in [0, 0.05) is 24.1 Å². The minimum absolute atomic E-state index is 0.0162. The van der Waals surface area contributed by atoms with Crippen LogP contribution in [-0.4, -0.2) is 18.5 Å². The zero-order valence-electron chi connectivity index (χ0n) is 14.0. The Labute approximate surface area is 142 Å². The maximum absolute atomic E-state index is 13.9. The molecule has 0 bridgehead atoms. The van der Waals surface area contributed by atoms with Gasteiger partial charge >= 0.3 is 0 Å². The molecular weight excluding hydrogens is 303 g/mol. The molecule has 0 saturated heterocycles. The molecule has 0 aliphatic heterocycles. The summed E-state index contributed by atoms with van der Waals surface area (Å²) >= 11 is 0. The van der Waals surface area contributed by atoms with Crippen molar-refractivity contribution in [3.63, 3.8) is 0 Å². The molecule has 0 heterocycles.